The van der Waals surface area contributed by atoms with Crippen molar-refractivity contribution in [3.63, 3.8) is 0 Å². The lowest BCUT2D eigenvalue weighted by atomic mass is 9.97. The molecular weight excluding hydrogens is 314 g/mol. The lowest BCUT2D eigenvalue weighted by Gasteiger charge is -2.33. The number of piperidine rings is 1. The van der Waals surface area contributed by atoms with Crippen molar-refractivity contribution in [1.29, 1.82) is 0 Å². The van der Waals surface area contributed by atoms with Crippen molar-refractivity contribution in [3.05, 3.63) is 29.6 Å². The number of aromatic nitrogens is 1. The fraction of sp³-hybridized carbons (Fsp3) is 0.625. The van der Waals surface area contributed by atoms with Gasteiger partial charge in [-0.3, -0.25) is 9.78 Å². The molecule has 1 N–H and O–H groups in total. The van der Waals surface area contributed by atoms with Gasteiger partial charge in [0.05, 0.1) is 10.8 Å². The standard InChI is InChI=1S/C16H25N3O3S/c1-12(2)23(21,22)18-10-14-6-5-9-19(11-14)16(20)15-7-4-8-17-13(15)3/h4,7-8,12,14,18H,5-6,9-11H2,1-3H3. The predicted molar refractivity (Wildman–Crippen MR) is 89.7 cm³/mol. The first-order valence-electron chi connectivity index (χ1n) is 8.00. The molecule has 2 rings (SSSR count). The highest BCUT2D eigenvalue weighted by molar-refractivity contribution is 7.90. The monoisotopic (exact) mass is 339 g/mol. The Labute approximate surface area is 138 Å². The maximum atomic E-state index is 12.6. The van der Waals surface area contributed by atoms with Gasteiger partial charge >= 0.3 is 0 Å². The summed E-state index contributed by atoms with van der Waals surface area (Å²) in [7, 11) is -3.26. The summed E-state index contributed by atoms with van der Waals surface area (Å²) in [5.74, 6) is 0.130. The van der Waals surface area contributed by atoms with E-state index < -0.39 is 15.3 Å². The second-order valence-corrected chi connectivity index (χ2v) is 8.66. The molecule has 0 saturated carbocycles. The molecule has 1 aliphatic heterocycles. The first-order valence-corrected chi connectivity index (χ1v) is 9.55. The van der Waals surface area contributed by atoms with Gasteiger partial charge < -0.3 is 4.90 Å². The molecule has 1 saturated heterocycles. The minimum Gasteiger partial charge on any atom is -0.338 e. The van der Waals surface area contributed by atoms with Crippen LogP contribution in [0.5, 0.6) is 0 Å². The molecule has 1 aromatic heterocycles. The third kappa shape index (κ3) is 4.51. The van der Waals surface area contributed by atoms with Gasteiger partial charge in [0.1, 0.15) is 0 Å². The Balaban J connectivity index is 1.98. The van der Waals surface area contributed by atoms with Crippen LogP contribution < -0.4 is 4.72 Å². The first-order chi connectivity index (χ1) is 10.8. The maximum Gasteiger partial charge on any atom is 0.255 e. The summed E-state index contributed by atoms with van der Waals surface area (Å²) < 4.78 is 26.4. The molecule has 1 aliphatic rings. The van der Waals surface area contributed by atoms with E-state index in [1.807, 2.05) is 11.8 Å². The molecule has 6 nitrogen and oxygen atoms in total. The maximum absolute atomic E-state index is 12.6. The Morgan fingerprint density at radius 1 is 1.48 bits per heavy atom. The van der Waals surface area contributed by atoms with Crippen molar-refractivity contribution in [2.75, 3.05) is 19.6 Å². The van der Waals surface area contributed by atoms with Crippen molar-refractivity contribution in [3.8, 4) is 0 Å². The Hall–Kier alpha value is -1.47. The van der Waals surface area contributed by atoms with Crippen LogP contribution in [-0.4, -0.2) is 49.1 Å². The van der Waals surface area contributed by atoms with Crippen LogP contribution >= 0.6 is 0 Å². The molecule has 1 amide bonds. The molecule has 1 aromatic rings. The second-order valence-electron chi connectivity index (χ2n) is 6.34. The molecule has 1 atom stereocenters. The Bertz CT molecular complexity index is 658. The van der Waals surface area contributed by atoms with Crippen LogP contribution in [0.25, 0.3) is 0 Å². The fourth-order valence-electron chi connectivity index (χ4n) is 2.70. The van der Waals surface area contributed by atoms with Gasteiger partial charge in [0, 0.05) is 31.5 Å². The number of rotatable bonds is 5. The number of hydrogen-bond donors (Lipinski definition) is 1. The summed E-state index contributed by atoms with van der Waals surface area (Å²) in [5, 5.41) is -0.443. The van der Waals surface area contributed by atoms with Gasteiger partial charge in [0.15, 0.2) is 0 Å². The van der Waals surface area contributed by atoms with Crippen LogP contribution in [0, 0.1) is 12.8 Å². The molecule has 1 unspecified atom stereocenters. The zero-order valence-electron chi connectivity index (χ0n) is 13.9. The second kappa shape index (κ2) is 7.40. The van der Waals surface area contributed by atoms with Crippen LogP contribution in [-0.2, 0) is 10.0 Å². The average molecular weight is 339 g/mol. The Morgan fingerprint density at radius 3 is 2.87 bits per heavy atom. The van der Waals surface area contributed by atoms with E-state index in [1.165, 1.54) is 0 Å². The number of likely N-dealkylation sites (tertiary alicyclic amines) is 1. The number of nitrogens with one attached hydrogen (secondary N) is 1. The van der Waals surface area contributed by atoms with Crippen LogP contribution in [0.4, 0.5) is 0 Å². The molecule has 0 bridgehead atoms. The number of sulfonamides is 1. The van der Waals surface area contributed by atoms with Crippen molar-refractivity contribution in [2.45, 2.75) is 38.9 Å². The molecule has 0 aromatic carbocycles. The van der Waals surface area contributed by atoms with Gasteiger partial charge in [0.2, 0.25) is 10.0 Å². The zero-order chi connectivity index (χ0) is 17.0. The van der Waals surface area contributed by atoms with Crippen LogP contribution in [0.1, 0.15) is 42.7 Å². The summed E-state index contributed by atoms with van der Waals surface area (Å²) in [5.41, 5.74) is 1.34. The number of pyridine rings is 1. The van der Waals surface area contributed by atoms with E-state index in [4.69, 9.17) is 0 Å². The van der Waals surface area contributed by atoms with E-state index in [-0.39, 0.29) is 11.8 Å². The van der Waals surface area contributed by atoms with E-state index in [1.54, 1.807) is 32.2 Å². The normalized spacial score (nSPS) is 19.1. The summed E-state index contributed by atoms with van der Waals surface area (Å²) >= 11 is 0. The molecule has 23 heavy (non-hydrogen) atoms. The van der Waals surface area contributed by atoms with E-state index >= 15 is 0 Å². The van der Waals surface area contributed by atoms with E-state index in [0.29, 0.717) is 25.2 Å². The van der Waals surface area contributed by atoms with Crippen molar-refractivity contribution in [2.24, 2.45) is 5.92 Å². The highest BCUT2D eigenvalue weighted by atomic mass is 32.2. The summed E-state index contributed by atoms with van der Waals surface area (Å²) in [6.07, 6.45) is 3.49. The lowest BCUT2D eigenvalue weighted by molar-refractivity contribution is 0.0675. The molecule has 0 aliphatic carbocycles. The highest BCUT2D eigenvalue weighted by Gasteiger charge is 2.27. The van der Waals surface area contributed by atoms with Gasteiger partial charge in [-0.05, 0) is 51.7 Å². The topological polar surface area (TPSA) is 79.4 Å². The van der Waals surface area contributed by atoms with Crippen LogP contribution in [0.3, 0.4) is 0 Å². The van der Waals surface area contributed by atoms with Gasteiger partial charge in [0.25, 0.3) is 5.91 Å². The minimum atomic E-state index is -3.26. The Kier molecular flexibility index (Phi) is 5.75. The number of carbonyl (C=O) groups is 1. The minimum absolute atomic E-state index is 0.0213. The third-order valence-electron chi connectivity index (χ3n) is 4.24. The molecule has 2 heterocycles. The van der Waals surface area contributed by atoms with Gasteiger partial charge in [-0.25, -0.2) is 13.1 Å². The van der Waals surface area contributed by atoms with E-state index in [2.05, 4.69) is 9.71 Å². The lowest BCUT2D eigenvalue weighted by Crippen LogP contribution is -2.44. The van der Waals surface area contributed by atoms with E-state index in [0.717, 1.165) is 18.5 Å². The number of aryl methyl sites for hydroxylation is 1. The first kappa shape index (κ1) is 17.9. The van der Waals surface area contributed by atoms with Crippen LogP contribution in [0.2, 0.25) is 0 Å². The summed E-state index contributed by atoms with van der Waals surface area (Å²) in [4.78, 5) is 18.6. The third-order valence-corrected chi connectivity index (χ3v) is 6.05. The van der Waals surface area contributed by atoms with Crippen molar-refractivity contribution < 1.29 is 13.2 Å². The number of hydrogen-bond acceptors (Lipinski definition) is 4. The van der Waals surface area contributed by atoms with Gasteiger partial charge in [-0.2, -0.15) is 0 Å². The fourth-order valence-corrected chi connectivity index (χ4v) is 3.50. The molecule has 0 radical (unpaired) electrons. The highest BCUT2D eigenvalue weighted by Crippen LogP contribution is 2.19. The Morgan fingerprint density at radius 2 is 2.22 bits per heavy atom. The molecule has 1 fully saturated rings. The number of amides is 1. The smallest absolute Gasteiger partial charge is 0.255 e. The molecule has 128 valence electrons. The van der Waals surface area contributed by atoms with Crippen LogP contribution in [0.15, 0.2) is 18.3 Å². The van der Waals surface area contributed by atoms with Gasteiger partial charge in [-0.1, -0.05) is 0 Å². The van der Waals surface area contributed by atoms with E-state index in [9.17, 15) is 13.2 Å². The predicted octanol–water partition coefficient (Wildman–Crippen LogP) is 1.57. The largest absolute Gasteiger partial charge is 0.338 e. The quantitative estimate of drug-likeness (QED) is 0.883. The van der Waals surface area contributed by atoms with Crippen molar-refractivity contribution in [1.82, 2.24) is 14.6 Å². The van der Waals surface area contributed by atoms with Gasteiger partial charge in [-0.15, -0.1) is 0 Å². The van der Waals surface area contributed by atoms with Crippen molar-refractivity contribution >= 4 is 15.9 Å². The number of carbonyl (C=O) groups excluding carboxylic acids is 1. The summed E-state index contributed by atoms with van der Waals surface area (Å²) in [6, 6.07) is 3.55. The average Bonchev–Trinajstić information content (AvgIpc) is 2.53. The zero-order valence-corrected chi connectivity index (χ0v) is 14.8. The molecular formula is C16H25N3O3S. The molecule has 0 spiro atoms. The summed E-state index contributed by atoms with van der Waals surface area (Å²) in [6.45, 7) is 6.81. The number of nitrogens with zero attached hydrogens (tertiary/aromatic N) is 2. The SMILES string of the molecule is Cc1ncccc1C(=O)N1CCCC(CNS(=O)(=O)C(C)C)C1. The molecule has 7 heteroatoms.